The minimum absolute atomic E-state index is 0.0198. The average molecular weight is 495 g/mol. The molecule has 2 N–H and O–H groups in total. The maximum Gasteiger partial charge on any atom is 0.411 e. The van der Waals surface area contributed by atoms with Crippen LogP contribution in [0.1, 0.15) is 73.3 Å². The number of phenols is 1. The molecule has 9 heteroatoms. The Hall–Kier alpha value is -2.97. The fourth-order valence-electron chi connectivity index (χ4n) is 3.33. The lowest BCUT2D eigenvalue weighted by Crippen LogP contribution is -2.54. The summed E-state index contributed by atoms with van der Waals surface area (Å²) in [6.45, 7) is 12.6. The standard InChI is InChI=1S/C26H42N2O7/c1-9-10-11-19(27-23(31)34-25(2,3)4)17-28(24(32)35-26(5,6)7)21(22(30)33-8)16-18-12-14-20(29)15-13-18/h12-15,19,21,29H,9-11,16-17H2,1-8H3,(H,27,31)/t19-,21+/m1/s1. The number of ether oxygens (including phenoxy) is 3. The van der Waals surface area contributed by atoms with E-state index in [2.05, 4.69) is 5.32 Å². The number of methoxy groups -OCH3 is 1. The quantitative estimate of drug-likeness (QED) is 0.355. The van der Waals surface area contributed by atoms with Crippen LogP contribution < -0.4 is 5.32 Å². The molecule has 1 rings (SSSR count). The van der Waals surface area contributed by atoms with Gasteiger partial charge in [0.2, 0.25) is 0 Å². The number of unbranched alkanes of at least 4 members (excludes halogenated alkanes) is 1. The summed E-state index contributed by atoms with van der Waals surface area (Å²) in [4.78, 5) is 40.0. The molecule has 0 saturated carbocycles. The fraction of sp³-hybridized carbons (Fsp3) is 0.654. The van der Waals surface area contributed by atoms with Gasteiger partial charge in [0.1, 0.15) is 23.0 Å². The lowest BCUT2D eigenvalue weighted by molar-refractivity contribution is -0.147. The zero-order valence-corrected chi connectivity index (χ0v) is 22.3. The third-order valence-electron chi connectivity index (χ3n) is 4.89. The van der Waals surface area contributed by atoms with Gasteiger partial charge in [-0.05, 0) is 65.7 Å². The zero-order valence-electron chi connectivity index (χ0n) is 22.3. The van der Waals surface area contributed by atoms with Crippen LogP contribution in [0.25, 0.3) is 0 Å². The van der Waals surface area contributed by atoms with Crippen LogP contribution in [0.3, 0.4) is 0 Å². The van der Waals surface area contributed by atoms with Crippen LogP contribution in [-0.4, -0.2) is 65.1 Å². The molecule has 2 amide bonds. The maximum absolute atomic E-state index is 13.3. The third kappa shape index (κ3) is 11.8. The molecule has 0 aliphatic heterocycles. The van der Waals surface area contributed by atoms with Crippen molar-refractivity contribution in [2.24, 2.45) is 0 Å². The van der Waals surface area contributed by atoms with Crippen molar-refractivity contribution in [3.63, 3.8) is 0 Å². The first-order chi connectivity index (χ1) is 16.1. The number of hydrogen-bond acceptors (Lipinski definition) is 7. The molecule has 0 spiro atoms. The Morgan fingerprint density at radius 3 is 2.06 bits per heavy atom. The van der Waals surface area contributed by atoms with E-state index in [1.54, 1.807) is 53.7 Å². The van der Waals surface area contributed by atoms with Crippen molar-refractivity contribution in [3.8, 4) is 5.75 Å². The summed E-state index contributed by atoms with van der Waals surface area (Å²) in [5.41, 5.74) is -0.763. The van der Waals surface area contributed by atoms with Crippen molar-refractivity contribution in [2.75, 3.05) is 13.7 Å². The number of nitrogens with one attached hydrogen (secondary N) is 1. The fourth-order valence-corrected chi connectivity index (χ4v) is 3.33. The maximum atomic E-state index is 13.3. The van der Waals surface area contributed by atoms with Crippen molar-refractivity contribution in [1.29, 1.82) is 0 Å². The van der Waals surface area contributed by atoms with E-state index < -0.39 is 41.4 Å². The average Bonchev–Trinajstić information content (AvgIpc) is 2.72. The van der Waals surface area contributed by atoms with Gasteiger partial charge in [-0.2, -0.15) is 0 Å². The van der Waals surface area contributed by atoms with Gasteiger partial charge in [0.15, 0.2) is 0 Å². The van der Waals surface area contributed by atoms with Crippen molar-refractivity contribution in [2.45, 2.75) is 97.4 Å². The molecule has 0 aliphatic rings. The molecule has 2 atom stereocenters. The van der Waals surface area contributed by atoms with Gasteiger partial charge in [0.05, 0.1) is 7.11 Å². The second-order valence-electron chi connectivity index (χ2n) is 10.5. The van der Waals surface area contributed by atoms with Gasteiger partial charge >= 0.3 is 18.2 Å². The van der Waals surface area contributed by atoms with Crippen molar-refractivity contribution in [1.82, 2.24) is 10.2 Å². The number of alkyl carbamates (subject to hydrolysis) is 1. The third-order valence-corrected chi connectivity index (χ3v) is 4.89. The first kappa shape index (κ1) is 30.1. The molecule has 0 unspecified atom stereocenters. The number of esters is 1. The first-order valence-corrected chi connectivity index (χ1v) is 12.0. The highest BCUT2D eigenvalue weighted by molar-refractivity contribution is 5.82. The largest absolute Gasteiger partial charge is 0.508 e. The summed E-state index contributed by atoms with van der Waals surface area (Å²) in [5, 5.41) is 12.5. The van der Waals surface area contributed by atoms with Gasteiger partial charge in [-0.1, -0.05) is 31.9 Å². The number of amides is 2. The van der Waals surface area contributed by atoms with E-state index in [1.807, 2.05) is 6.92 Å². The van der Waals surface area contributed by atoms with E-state index in [1.165, 1.54) is 24.1 Å². The minimum Gasteiger partial charge on any atom is -0.508 e. The molecule has 35 heavy (non-hydrogen) atoms. The Morgan fingerprint density at radius 1 is 1.00 bits per heavy atom. The summed E-state index contributed by atoms with van der Waals surface area (Å²) in [5.74, 6) is -0.524. The highest BCUT2D eigenvalue weighted by Gasteiger charge is 2.36. The smallest absolute Gasteiger partial charge is 0.411 e. The summed E-state index contributed by atoms with van der Waals surface area (Å²) in [7, 11) is 1.26. The summed E-state index contributed by atoms with van der Waals surface area (Å²) in [6.07, 6.45) is 1.09. The van der Waals surface area contributed by atoms with E-state index in [-0.39, 0.29) is 18.7 Å². The lowest BCUT2D eigenvalue weighted by Gasteiger charge is -2.35. The van der Waals surface area contributed by atoms with Gasteiger partial charge in [-0.25, -0.2) is 14.4 Å². The van der Waals surface area contributed by atoms with Crippen LogP contribution in [0.4, 0.5) is 9.59 Å². The van der Waals surface area contributed by atoms with Crippen LogP contribution in [0.5, 0.6) is 5.75 Å². The number of carbonyl (C=O) groups excluding carboxylic acids is 3. The second kappa shape index (κ2) is 13.2. The van der Waals surface area contributed by atoms with Crippen molar-refractivity contribution in [3.05, 3.63) is 29.8 Å². The monoisotopic (exact) mass is 494 g/mol. The topological polar surface area (TPSA) is 114 Å². The molecule has 1 aromatic carbocycles. The molecule has 0 aliphatic carbocycles. The Balaban J connectivity index is 3.32. The molecule has 0 radical (unpaired) electrons. The summed E-state index contributed by atoms with van der Waals surface area (Å²) in [6, 6.07) is 4.87. The number of benzene rings is 1. The van der Waals surface area contributed by atoms with Crippen LogP contribution in [-0.2, 0) is 25.4 Å². The zero-order chi connectivity index (χ0) is 26.8. The van der Waals surface area contributed by atoms with Crippen molar-refractivity contribution >= 4 is 18.2 Å². The van der Waals surface area contributed by atoms with Crippen molar-refractivity contribution < 1.29 is 33.7 Å². The Bertz CT molecular complexity index is 826. The molecular formula is C26H42N2O7. The number of hydrogen-bond donors (Lipinski definition) is 2. The van der Waals surface area contributed by atoms with Crippen LogP contribution in [0.2, 0.25) is 0 Å². The number of nitrogens with zero attached hydrogens (tertiary/aromatic N) is 1. The Morgan fingerprint density at radius 2 is 1.57 bits per heavy atom. The molecule has 0 aromatic heterocycles. The summed E-state index contributed by atoms with van der Waals surface area (Å²) >= 11 is 0. The summed E-state index contributed by atoms with van der Waals surface area (Å²) < 4.78 is 16.1. The number of rotatable bonds is 10. The van der Waals surface area contributed by atoms with E-state index >= 15 is 0 Å². The van der Waals surface area contributed by atoms with Crippen LogP contribution >= 0.6 is 0 Å². The first-order valence-electron chi connectivity index (χ1n) is 12.0. The van der Waals surface area contributed by atoms with Gasteiger partial charge in [-0.3, -0.25) is 4.90 Å². The molecule has 0 bridgehead atoms. The molecular weight excluding hydrogens is 452 g/mol. The molecule has 0 fully saturated rings. The van der Waals surface area contributed by atoms with Gasteiger partial charge in [0, 0.05) is 19.0 Å². The molecule has 9 nitrogen and oxygen atoms in total. The minimum atomic E-state index is -1.01. The molecule has 0 saturated heterocycles. The van der Waals surface area contributed by atoms with E-state index in [9.17, 15) is 19.5 Å². The van der Waals surface area contributed by atoms with Gasteiger partial charge in [0.25, 0.3) is 0 Å². The number of phenolic OH excluding ortho intramolecular Hbond substituents is 1. The Kier molecular flexibility index (Phi) is 11.3. The van der Waals surface area contributed by atoms with Crippen LogP contribution in [0.15, 0.2) is 24.3 Å². The predicted octanol–water partition coefficient (Wildman–Crippen LogP) is 4.80. The normalized spacial score (nSPS) is 13.4. The SMILES string of the molecule is CCCC[C@H](CN(C(=O)OC(C)(C)C)[C@@H](Cc1ccc(O)cc1)C(=O)OC)NC(=O)OC(C)(C)C. The number of carbonyl (C=O) groups is 3. The molecule has 1 aromatic rings. The molecule has 0 heterocycles. The van der Waals surface area contributed by atoms with Crippen LogP contribution in [0, 0.1) is 0 Å². The highest BCUT2D eigenvalue weighted by atomic mass is 16.6. The van der Waals surface area contributed by atoms with E-state index in [4.69, 9.17) is 14.2 Å². The van der Waals surface area contributed by atoms with E-state index in [0.717, 1.165) is 18.4 Å². The Labute approximate surface area is 209 Å². The second-order valence-corrected chi connectivity index (χ2v) is 10.5. The van der Waals surface area contributed by atoms with Gasteiger partial charge in [-0.15, -0.1) is 0 Å². The molecule has 198 valence electrons. The van der Waals surface area contributed by atoms with Gasteiger partial charge < -0.3 is 24.6 Å². The van der Waals surface area contributed by atoms with E-state index in [0.29, 0.717) is 6.42 Å². The predicted molar refractivity (Wildman–Crippen MR) is 133 cm³/mol. The highest BCUT2D eigenvalue weighted by Crippen LogP contribution is 2.20. The lowest BCUT2D eigenvalue weighted by atomic mass is 10.0. The number of aromatic hydroxyl groups is 1.